The lowest BCUT2D eigenvalue weighted by Crippen LogP contribution is -2.08. The molecule has 16 heavy (non-hydrogen) atoms. The van der Waals surface area contributed by atoms with Gasteiger partial charge in [-0.3, -0.25) is 0 Å². The number of anilines is 1. The molecule has 5 heteroatoms. The Hall–Kier alpha value is -1.26. The first-order valence-electron chi connectivity index (χ1n) is 5.03. The zero-order valence-electron chi connectivity index (χ0n) is 8.74. The van der Waals surface area contributed by atoms with Gasteiger partial charge in [0.15, 0.2) is 0 Å². The van der Waals surface area contributed by atoms with E-state index in [1.54, 1.807) is 18.2 Å². The molecule has 0 aliphatic carbocycles. The second kappa shape index (κ2) is 6.35. The molecule has 0 aliphatic rings. The SMILES string of the molecule is O=C(O)c1c(Cl)cccc1NCCCCO. The molecule has 4 nitrogen and oxygen atoms in total. The van der Waals surface area contributed by atoms with Gasteiger partial charge in [0.25, 0.3) is 0 Å². The van der Waals surface area contributed by atoms with Crippen LogP contribution in [-0.2, 0) is 0 Å². The van der Waals surface area contributed by atoms with Crippen LogP contribution in [0.4, 0.5) is 5.69 Å². The van der Waals surface area contributed by atoms with E-state index in [2.05, 4.69) is 5.32 Å². The fourth-order valence-electron chi connectivity index (χ4n) is 1.35. The Morgan fingerprint density at radius 2 is 2.12 bits per heavy atom. The monoisotopic (exact) mass is 243 g/mol. The van der Waals surface area contributed by atoms with Crippen molar-refractivity contribution in [3.8, 4) is 0 Å². The summed E-state index contributed by atoms with van der Waals surface area (Å²) in [7, 11) is 0. The van der Waals surface area contributed by atoms with E-state index in [4.69, 9.17) is 21.8 Å². The minimum Gasteiger partial charge on any atom is -0.478 e. The maximum absolute atomic E-state index is 11.0. The van der Waals surface area contributed by atoms with E-state index in [1.165, 1.54) is 0 Å². The normalized spacial score (nSPS) is 10.1. The molecule has 1 rings (SSSR count). The van der Waals surface area contributed by atoms with E-state index < -0.39 is 5.97 Å². The van der Waals surface area contributed by atoms with Gasteiger partial charge in [0.2, 0.25) is 0 Å². The van der Waals surface area contributed by atoms with E-state index in [1.807, 2.05) is 0 Å². The third kappa shape index (κ3) is 3.40. The number of aromatic carboxylic acids is 1. The van der Waals surface area contributed by atoms with Crippen molar-refractivity contribution in [3.63, 3.8) is 0 Å². The summed E-state index contributed by atoms with van der Waals surface area (Å²) in [4.78, 5) is 11.0. The Morgan fingerprint density at radius 3 is 2.75 bits per heavy atom. The van der Waals surface area contributed by atoms with Gasteiger partial charge >= 0.3 is 5.97 Å². The molecule has 0 saturated heterocycles. The number of aliphatic hydroxyl groups is 1. The number of benzene rings is 1. The van der Waals surface area contributed by atoms with Gasteiger partial charge in [-0.05, 0) is 25.0 Å². The van der Waals surface area contributed by atoms with Crippen molar-refractivity contribution >= 4 is 23.3 Å². The Bertz CT molecular complexity index is 368. The maximum atomic E-state index is 11.0. The molecule has 0 amide bonds. The highest BCUT2D eigenvalue weighted by molar-refractivity contribution is 6.34. The first-order chi connectivity index (χ1) is 7.66. The van der Waals surface area contributed by atoms with E-state index in [-0.39, 0.29) is 17.2 Å². The van der Waals surface area contributed by atoms with E-state index in [9.17, 15) is 4.79 Å². The fraction of sp³-hybridized carbons (Fsp3) is 0.364. The third-order valence-corrected chi connectivity index (χ3v) is 2.44. The van der Waals surface area contributed by atoms with Crippen LogP contribution in [0.2, 0.25) is 5.02 Å². The van der Waals surface area contributed by atoms with Crippen molar-refractivity contribution in [1.82, 2.24) is 0 Å². The molecule has 0 aliphatic heterocycles. The van der Waals surface area contributed by atoms with E-state index in [0.29, 0.717) is 18.7 Å². The summed E-state index contributed by atoms with van der Waals surface area (Å²) in [6.07, 6.45) is 1.47. The summed E-state index contributed by atoms with van der Waals surface area (Å²) in [5.74, 6) is -1.05. The summed E-state index contributed by atoms with van der Waals surface area (Å²) in [5, 5.41) is 20.8. The highest BCUT2D eigenvalue weighted by atomic mass is 35.5. The summed E-state index contributed by atoms with van der Waals surface area (Å²) >= 11 is 5.80. The lowest BCUT2D eigenvalue weighted by molar-refractivity contribution is 0.0698. The molecular formula is C11H14ClNO3. The Kier molecular flexibility index (Phi) is 5.08. The molecule has 1 aromatic rings. The average molecular weight is 244 g/mol. The van der Waals surface area contributed by atoms with Gasteiger partial charge < -0.3 is 15.5 Å². The van der Waals surface area contributed by atoms with Crippen LogP contribution in [0.3, 0.4) is 0 Å². The number of hydrogen-bond donors (Lipinski definition) is 3. The van der Waals surface area contributed by atoms with E-state index >= 15 is 0 Å². The highest BCUT2D eigenvalue weighted by Crippen LogP contribution is 2.24. The zero-order valence-corrected chi connectivity index (χ0v) is 9.50. The summed E-state index contributed by atoms with van der Waals surface area (Å²) in [6, 6.07) is 4.92. The first kappa shape index (κ1) is 12.8. The number of unbranched alkanes of at least 4 members (excludes halogenated alkanes) is 1. The highest BCUT2D eigenvalue weighted by Gasteiger charge is 2.13. The minimum absolute atomic E-state index is 0.0909. The van der Waals surface area contributed by atoms with Crippen molar-refractivity contribution in [2.45, 2.75) is 12.8 Å². The molecule has 0 aromatic heterocycles. The summed E-state index contributed by atoms with van der Waals surface area (Å²) < 4.78 is 0. The largest absolute Gasteiger partial charge is 0.478 e. The molecule has 0 spiro atoms. The second-order valence-electron chi connectivity index (χ2n) is 3.33. The minimum atomic E-state index is -1.05. The molecule has 0 unspecified atom stereocenters. The van der Waals surface area contributed by atoms with Crippen LogP contribution in [0, 0.1) is 0 Å². The molecule has 88 valence electrons. The van der Waals surface area contributed by atoms with Crippen LogP contribution in [0.15, 0.2) is 18.2 Å². The predicted octanol–water partition coefficient (Wildman–Crippen LogP) is 2.22. The zero-order chi connectivity index (χ0) is 12.0. The fourth-order valence-corrected chi connectivity index (χ4v) is 1.60. The standard InChI is InChI=1S/C11H14ClNO3/c12-8-4-3-5-9(10(8)11(15)16)13-6-1-2-7-14/h3-5,13-14H,1-2,6-7H2,(H,15,16). The molecule has 0 atom stereocenters. The smallest absolute Gasteiger partial charge is 0.339 e. The third-order valence-electron chi connectivity index (χ3n) is 2.13. The number of aliphatic hydroxyl groups excluding tert-OH is 1. The van der Waals surface area contributed by atoms with Gasteiger partial charge in [-0.1, -0.05) is 17.7 Å². The molecular weight excluding hydrogens is 230 g/mol. The van der Waals surface area contributed by atoms with Gasteiger partial charge in [0.1, 0.15) is 5.56 Å². The number of carboxylic acid groups (broad SMARTS) is 1. The van der Waals surface area contributed by atoms with Crippen molar-refractivity contribution in [3.05, 3.63) is 28.8 Å². The Balaban J connectivity index is 2.71. The number of carbonyl (C=O) groups is 1. The first-order valence-corrected chi connectivity index (χ1v) is 5.41. The Morgan fingerprint density at radius 1 is 1.38 bits per heavy atom. The molecule has 0 fully saturated rings. The predicted molar refractivity (Wildman–Crippen MR) is 63.2 cm³/mol. The topological polar surface area (TPSA) is 69.6 Å². The second-order valence-corrected chi connectivity index (χ2v) is 3.73. The Labute approximate surface area is 98.9 Å². The van der Waals surface area contributed by atoms with Crippen LogP contribution in [0.25, 0.3) is 0 Å². The lowest BCUT2D eigenvalue weighted by Gasteiger charge is -2.10. The van der Waals surface area contributed by atoms with Crippen molar-refractivity contribution < 1.29 is 15.0 Å². The van der Waals surface area contributed by atoms with E-state index in [0.717, 1.165) is 6.42 Å². The van der Waals surface area contributed by atoms with Crippen LogP contribution < -0.4 is 5.32 Å². The number of nitrogens with one attached hydrogen (secondary N) is 1. The molecule has 0 radical (unpaired) electrons. The number of carboxylic acids is 1. The van der Waals surface area contributed by atoms with Gasteiger partial charge in [-0.2, -0.15) is 0 Å². The van der Waals surface area contributed by atoms with Crippen molar-refractivity contribution in [1.29, 1.82) is 0 Å². The van der Waals surface area contributed by atoms with Gasteiger partial charge in [-0.25, -0.2) is 4.79 Å². The number of rotatable bonds is 6. The van der Waals surface area contributed by atoms with Crippen LogP contribution in [-0.4, -0.2) is 29.3 Å². The van der Waals surface area contributed by atoms with Crippen LogP contribution >= 0.6 is 11.6 Å². The molecule has 3 N–H and O–H groups in total. The van der Waals surface area contributed by atoms with Gasteiger partial charge in [0.05, 0.1) is 10.7 Å². The van der Waals surface area contributed by atoms with Crippen molar-refractivity contribution in [2.24, 2.45) is 0 Å². The molecule has 0 heterocycles. The lowest BCUT2D eigenvalue weighted by atomic mass is 10.1. The molecule has 0 bridgehead atoms. The van der Waals surface area contributed by atoms with Gasteiger partial charge in [-0.15, -0.1) is 0 Å². The van der Waals surface area contributed by atoms with Crippen molar-refractivity contribution in [2.75, 3.05) is 18.5 Å². The summed E-state index contributed by atoms with van der Waals surface area (Å²) in [6.45, 7) is 0.754. The van der Waals surface area contributed by atoms with Gasteiger partial charge in [0, 0.05) is 13.2 Å². The molecule has 1 aromatic carbocycles. The quantitative estimate of drug-likeness (QED) is 0.670. The molecule has 0 saturated carbocycles. The number of halogens is 1. The number of hydrogen-bond acceptors (Lipinski definition) is 3. The summed E-state index contributed by atoms with van der Waals surface area (Å²) in [5.41, 5.74) is 0.603. The van der Waals surface area contributed by atoms with Crippen LogP contribution in [0.1, 0.15) is 23.2 Å². The maximum Gasteiger partial charge on any atom is 0.339 e. The van der Waals surface area contributed by atoms with Crippen LogP contribution in [0.5, 0.6) is 0 Å². The average Bonchev–Trinajstić information content (AvgIpc) is 2.24.